The summed E-state index contributed by atoms with van der Waals surface area (Å²) in [5, 5.41) is 7.96. The van der Waals surface area contributed by atoms with Gasteiger partial charge < -0.3 is 0 Å². The van der Waals surface area contributed by atoms with Gasteiger partial charge in [0.25, 0.3) is 0 Å². The monoisotopic (exact) mass is 153 g/mol. The highest BCUT2D eigenvalue weighted by Crippen LogP contribution is 2.28. The van der Waals surface area contributed by atoms with Crippen LogP contribution >= 0.6 is 0 Å². The maximum Gasteiger partial charge on any atom is 0.172 e. The standard InChI is InChI=1S/C8H15N3/c1-3-5-8(6-4-2)9-7-10-11-8/h7H,3-6H2,1-2H3. The molecule has 0 aromatic carbocycles. The number of hydrogen-bond donors (Lipinski definition) is 0. The van der Waals surface area contributed by atoms with E-state index >= 15 is 0 Å². The maximum absolute atomic E-state index is 4.29. The van der Waals surface area contributed by atoms with Gasteiger partial charge in [-0.05, 0) is 12.8 Å². The second-order valence-electron chi connectivity index (χ2n) is 2.94. The molecule has 0 bridgehead atoms. The van der Waals surface area contributed by atoms with Crippen LogP contribution in [0.5, 0.6) is 0 Å². The Morgan fingerprint density at radius 3 is 2.18 bits per heavy atom. The number of azo groups is 1. The molecule has 1 rings (SSSR count). The lowest BCUT2D eigenvalue weighted by molar-refractivity contribution is 0.376. The molecule has 1 heterocycles. The molecular weight excluding hydrogens is 138 g/mol. The van der Waals surface area contributed by atoms with Crippen LogP contribution in [0.2, 0.25) is 0 Å². The zero-order chi connectivity index (χ0) is 8.16. The summed E-state index contributed by atoms with van der Waals surface area (Å²) < 4.78 is 0. The zero-order valence-corrected chi connectivity index (χ0v) is 7.25. The largest absolute Gasteiger partial charge is 0.240 e. The van der Waals surface area contributed by atoms with E-state index in [2.05, 4.69) is 29.1 Å². The van der Waals surface area contributed by atoms with Crippen LogP contribution in [0.3, 0.4) is 0 Å². The minimum atomic E-state index is -0.177. The predicted molar refractivity (Wildman–Crippen MR) is 45.9 cm³/mol. The summed E-state index contributed by atoms with van der Waals surface area (Å²) in [5.74, 6) is 0. The molecule has 0 saturated carbocycles. The maximum atomic E-state index is 4.29. The third-order valence-corrected chi connectivity index (χ3v) is 1.89. The highest BCUT2D eigenvalue weighted by atomic mass is 15.3. The molecule has 0 aliphatic carbocycles. The van der Waals surface area contributed by atoms with Crippen LogP contribution in [-0.4, -0.2) is 12.0 Å². The molecule has 0 amide bonds. The van der Waals surface area contributed by atoms with Crippen molar-refractivity contribution in [1.29, 1.82) is 0 Å². The van der Waals surface area contributed by atoms with Crippen molar-refractivity contribution in [2.45, 2.75) is 45.2 Å². The van der Waals surface area contributed by atoms with Crippen LogP contribution in [0.25, 0.3) is 0 Å². The van der Waals surface area contributed by atoms with Gasteiger partial charge in [0.15, 0.2) is 5.66 Å². The Morgan fingerprint density at radius 1 is 1.18 bits per heavy atom. The Hall–Kier alpha value is -0.730. The van der Waals surface area contributed by atoms with E-state index in [-0.39, 0.29) is 5.66 Å². The Bertz CT molecular complexity index is 152. The quantitative estimate of drug-likeness (QED) is 0.595. The smallest absolute Gasteiger partial charge is 0.172 e. The van der Waals surface area contributed by atoms with Gasteiger partial charge in [0.05, 0.1) is 0 Å². The lowest BCUT2D eigenvalue weighted by Crippen LogP contribution is -2.20. The first-order chi connectivity index (χ1) is 5.33. The van der Waals surface area contributed by atoms with E-state index in [9.17, 15) is 0 Å². The summed E-state index contributed by atoms with van der Waals surface area (Å²) in [6, 6.07) is 0. The Morgan fingerprint density at radius 2 is 1.82 bits per heavy atom. The van der Waals surface area contributed by atoms with Crippen molar-refractivity contribution >= 4 is 6.34 Å². The first kappa shape index (κ1) is 8.37. The fourth-order valence-electron chi connectivity index (χ4n) is 1.45. The fraction of sp³-hybridized carbons (Fsp3) is 0.875. The van der Waals surface area contributed by atoms with Gasteiger partial charge in [-0.2, -0.15) is 5.11 Å². The molecule has 0 radical (unpaired) electrons. The van der Waals surface area contributed by atoms with Crippen molar-refractivity contribution in [3.63, 3.8) is 0 Å². The van der Waals surface area contributed by atoms with Gasteiger partial charge in [-0.25, -0.2) is 4.99 Å². The van der Waals surface area contributed by atoms with Crippen molar-refractivity contribution in [3.05, 3.63) is 0 Å². The van der Waals surface area contributed by atoms with Gasteiger partial charge in [-0.15, -0.1) is 5.11 Å². The highest BCUT2D eigenvalue weighted by molar-refractivity contribution is 5.57. The predicted octanol–water partition coefficient (Wildman–Crippen LogP) is 2.78. The molecule has 0 aromatic heterocycles. The summed E-state index contributed by atoms with van der Waals surface area (Å²) in [7, 11) is 0. The van der Waals surface area contributed by atoms with Gasteiger partial charge in [0.1, 0.15) is 6.34 Å². The molecule has 62 valence electrons. The van der Waals surface area contributed by atoms with Crippen molar-refractivity contribution in [3.8, 4) is 0 Å². The van der Waals surface area contributed by atoms with E-state index in [0.29, 0.717) is 0 Å². The number of hydrogen-bond acceptors (Lipinski definition) is 3. The number of aliphatic imine (C=N–C) groups is 1. The van der Waals surface area contributed by atoms with Crippen LogP contribution < -0.4 is 0 Å². The number of rotatable bonds is 4. The van der Waals surface area contributed by atoms with Crippen LogP contribution in [-0.2, 0) is 0 Å². The first-order valence-corrected chi connectivity index (χ1v) is 4.28. The molecule has 11 heavy (non-hydrogen) atoms. The molecule has 0 aromatic rings. The SMILES string of the molecule is CCCC1(CCC)N=CN=N1. The fourth-order valence-corrected chi connectivity index (χ4v) is 1.45. The minimum Gasteiger partial charge on any atom is -0.240 e. The minimum absolute atomic E-state index is 0.177. The molecule has 0 N–H and O–H groups in total. The van der Waals surface area contributed by atoms with Crippen molar-refractivity contribution in [2.24, 2.45) is 15.2 Å². The summed E-state index contributed by atoms with van der Waals surface area (Å²) in [4.78, 5) is 4.29. The molecular formula is C8H15N3. The van der Waals surface area contributed by atoms with Crippen LogP contribution in [0.4, 0.5) is 0 Å². The van der Waals surface area contributed by atoms with E-state index in [1.54, 1.807) is 6.34 Å². The lowest BCUT2D eigenvalue weighted by Gasteiger charge is -2.19. The van der Waals surface area contributed by atoms with Gasteiger partial charge in [-0.1, -0.05) is 26.7 Å². The zero-order valence-electron chi connectivity index (χ0n) is 7.25. The van der Waals surface area contributed by atoms with Crippen molar-refractivity contribution < 1.29 is 0 Å². The second kappa shape index (κ2) is 3.60. The molecule has 0 unspecified atom stereocenters. The molecule has 0 atom stereocenters. The van der Waals surface area contributed by atoms with Gasteiger partial charge in [-0.3, -0.25) is 0 Å². The van der Waals surface area contributed by atoms with E-state index in [4.69, 9.17) is 0 Å². The van der Waals surface area contributed by atoms with Crippen LogP contribution in [0.1, 0.15) is 39.5 Å². The van der Waals surface area contributed by atoms with Gasteiger partial charge in [0, 0.05) is 0 Å². The average Bonchev–Trinajstić information content (AvgIpc) is 2.39. The molecule has 0 saturated heterocycles. The third-order valence-electron chi connectivity index (χ3n) is 1.89. The molecule has 3 nitrogen and oxygen atoms in total. The average molecular weight is 153 g/mol. The Kier molecular flexibility index (Phi) is 2.74. The Balaban J connectivity index is 2.56. The topological polar surface area (TPSA) is 37.1 Å². The van der Waals surface area contributed by atoms with Crippen LogP contribution in [0, 0.1) is 0 Å². The van der Waals surface area contributed by atoms with E-state index in [1.807, 2.05) is 0 Å². The first-order valence-electron chi connectivity index (χ1n) is 4.28. The summed E-state index contributed by atoms with van der Waals surface area (Å²) in [6.07, 6.45) is 5.87. The third kappa shape index (κ3) is 1.85. The Labute approximate surface area is 67.6 Å². The molecule has 1 aliphatic heterocycles. The molecule has 0 fully saturated rings. The van der Waals surface area contributed by atoms with Crippen molar-refractivity contribution in [1.82, 2.24) is 0 Å². The highest BCUT2D eigenvalue weighted by Gasteiger charge is 2.28. The second-order valence-corrected chi connectivity index (χ2v) is 2.94. The van der Waals surface area contributed by atoms with E-state index in [0.717, 1.165) is 25.7 Å². The van der Waals surface area contributed by atoms with Gasteiger partial charge >= 0.3 is 0 Å². The van der Waals surface area contributed by atoms with E-state index in [1.165, 1.54) is 0 Å². The van der Waals surface area contributed by atoms with Gasteiger partial charge in [0.2, 0.25) is 0 Å². The summed E-state index contributed by atoms with van der Waals surface area (Å²) in [6.45, 7) is 4.31. The number of nitrogens with zero attached hydrogens (tertiary/aromatic N) is 3. The molecule has 0 spiro atoms. The molecule has 3 heteroatoms. The van der Waals surface area contributed by atoms with Crippen LogP contribution in [0.15, 0.2) is 15.2 Å². The van der Waals surface area contributed by atoms with Crippen molar-refractivity contribution in [2.75, 3.05) is 0 Å². The summed E-state index contributed by atoms with van der Waals surface area (Å²) in [5.41, 5.74) is -0.177. The molecule has 1 aliphatic rings. The van der Waals surface area contributed by atoms with E-state index < -0.39 is 0 Å². The summed E-state index contributed by atoms with van der Waals surface area (Å²) >= 11 is 0. The normalized spacial score (nSPS) is 19.5. The lowest BCUT2D eigenvalue weighted by atomic mass is 10.0.